The molecule has 3 N–H and O–H groups in total. The molecule has 5 nitrogen and oxygen atoms in total. The fourth-order valence-corrected chi connectivity index (χ4v) is 2.28. The minimum absolute atomic E-state index is 0.0484. The highest BCUT2D eigenvalue weighted by Crippen LogP contribution is 2.34. The third kappa shape index (κ3) is 4.38. The van der Waals surface area contributed by atoms with Crippen molar-refractivity contribution in [2.45, 2.75) is 25.3 Å². The maximum Gasteiger partial charge on any atom is 0.319 e. The molecule has 1 fully saturated rings. The summed E-state index contributed by atoms with van der Waals surface area (Å²) in [7, 11) is 0. The molecule has 0 heterocycles. The average Bonchev–Trinajstić information content (AvgIpc) is 3.18. The molecule has 0 spiro atoms. The van der Waals surface area contributed by atoms with Gasteiger partial charge in [-0.3, -0.25) is 4.79 Å². The van der Waals surface area contributed by atoms with E-state index in [9.17, 15) is 18.4 Å². The average molecular weight is 363 g/mol. The van der Waals surface area contributed by atoms with E-state index < -0.39 is 29.7 Å². The summed E-state index contributed by atoms with van der Waals surface area (Å²) in [6.07, 6.45) is 1.49. The molecule has 0 radical (unpaired) electrons. The molecular formula is C13H13BrF2N2O3. The van der Waals surface area contributed by atoms with Crippen LogP contribution < -0.4 is 10.6 Å². The van der Waals surface area contributed by atoms with Crippen LogP contribution in [-0.4, -0.2) is 23.1 Å². The number of nitrogens with one attached hydrogen (secondary N) is 2. The minimum Gasteiger partial charge on any atom is -0.481 e. The number of aliphatic carboxylic acids is 1. The molecule has 1 saturated carbocycles. The number of amides is 2. The third-order valence-corrected chi connectivity index (χ3v) is 3.77. The van der Waals surface area contributed by atoms with Crippen LogP contribution in [0.3, 0.4) is 0 Å². The van der Waals surface area contributed by atoms with Gasteiger partial charge in [-0.1, -0.05) is 0 Å². The van der Waals surface area contributed by atoms with Crippen molar-refractivity contribution in [2.75, 3.05) is 5.32 Å². The molecule has 1 aliphatic rings. The van der Waals surface area contributed by atoms with Crippen LogP contribution in [0.4, 0.5) is 19.3 Å². The molecule has 1 unspecified atom stereocenters. The summed E-state index contributed by atoms with van der Waals surface area (Å²) in [6, 6.07) is 0.489. The second-order valence-electron chi connectivity index (χ2n) is 4.89. The SMILES string of the molecule is O=C(O)CC(NC(=O)Nc1cc(F)c(Br)cc1F)C1CC1. The summed E-state index contributed by atoms with van der Waals surface area (Å²) in [5.41, 5.74) is -0.307. The molecule has 0 saturated heterocycles. The van der Waals surface area contributed by atoms with Gasteiger partial charge in [0.15, 0.2) is 0 Å². The summed E-state index contributed by atoms with van der Waals surface area (Å²) in [6.45, 7) is 0. The monoisotopic (exact) mass is 362 g/mol. The normalized spacial score (nSPS) is 15.4. The van der Waals surface area contributed by atoms with Gasteiger partial charge in [0.25, 0.3) is 0 Å². The minimum atomic E-state index is -1.02. The van der Waals surface area contributed by atoms with E-state index >= 15 is 0 Å². The molecule has 1 aromatic rings. The second-order valence-corrected chi connectivity index (χ2v) is 5.74. The number of rotatable bonds is 5. The Labute approximate surface area is 127 Å². The first kappa shape index (κ1) is 15.7. The van der Waals surface area contributed by atoms with Crippen molar-refractivity contribution in [1.82, 2.24) is 5.32 Å². The Hall–Kier alpha value is -1.70. The van der Waals surface area contributed by atoms with Gasteiger partial charge in [0.1, 0.15) is 11.6 Å². The maximum absolute atomic E-state index is 13.6. The zero-order valence-electron chi connectivity index (χ0n) is 10.8. The quantitative estimate of drug-likeness (QED) is 0.704. The molecule has 21 heavy (non-hydrogen) atoms. The van der Waals surface area contributed by atoms with Crippen LogP contribution >= 0.6 is 15.9 Å². The van der Waals surface area contributed by atoms with E-state index in [0.717, 1.165) is 25.0 Å². The zero-order chi connectivity index (χ0) is 15.6. The Kier molecular flexibility index (Phi) is 4.76. The molecule has 1 atom stereocenters. The van der Waals surface area contributed by atoms with E-state index in [4.69, 9.17) is 5.11 Å². The number of carboxylic acid groups (broad SMARTS) is 1. The van der Waals surface area contributed by atoms with Gasteiger partial charge in [0, 0.05) is 12.1 Å². The molecule has 1 aromatic carbocycles. The van der Waals surface area contributed by atoms with Crippen LogP contribution in [0, 0.1) is 17.6 Å². The lowest BCUT2D eigenvalue weighted by Crippen LogP contribution is -2.40. The number of anilines is 1. The number of carbonyl (C=O) groups excluding carboxylic acids is 1. The van der Waals surface area contributed by atoms with E-state index in [2.05, 4.69) is 26.6 Å². The van der Waals surface area contributed by atoms with Crippen molar-refractivity contribution >= 4 is 33.6 Å². The van der Waals surface area contributed by atoms with Gasteiger partial charge in [0.05, 0.1) is 16.6 Å². The molecule has 0 aliphatic heterocycles. The largest absolute Gasteiger partial charge is 0.481 e. The Morgan fingerprint density at radius 2 is 2.00 bits per heavy atom. The van der Waals surface area contributed by atoms with Gasteiger partial charge in [-0.05, 0) is 40.8 Å². The summed E-state index contributed by atoms with van der Waals surface area (Å²) in [4.78, 5) is 22.5. The van der Waals surface area contributed by atoms with E-state index in [0.29, 0.717) is 0 Å². The van der Waals surface area contributed by atoms with E-state index in [-0.39, 0.29) is 22.5 Å². The summed E-state index contributed by atoms with van der Waals surface area (Å²) in [5, 5.41) is 13.5. The summed E-state index contributed by atoms with van der Waals surface area (Å²) in [5.74, 6) is -2.40. The molecule has 0 aromatic heterocycles. The number of hydrogen-bond acceptors (Lipinski definition) is 2. The van der Waals surface area contributed by atoms with Gasteiger partial charge in [-0.15, -0.1) is 0 Å². The van der Waals surface area contributed by atoms with Crippen LogP contribution in [0.5, 0.6) is 0 Å². The van der Waals surface area contributed by atoms with Crippen LogP contribution in [0.25, 0.3) is 0 Å². The molecule has 114 valence electrons. The Morgan fingerprint density at radius 1 is 1.33 bits per heavy atom. The third-order valence-electron chi connectivity index (χ3n) is 3.16. The van der Waals surface area contributed by atoms with E-state index in [1.165, 1.54) is 0 Å². The van der Waals surface area contributed by atoms with Crippen LogP contribution in [0.15, 0.2) is 16.6 Å². The Balaban J connectivity index is 2.00. The topological polar surface area (TPSA) is 78.4 Å². The van der Waals surface area contributed by atoms with Crippen molar-refractivity contribution in [3.63, 3.8) is 0 Å². The molecule has 2 rings (SSSR count). The first-order valence-electron chi connectivity index (χ1n) is 6.30. The van der Waals surface area contributed by atoms with E-state index in [1.54, 1.807) is 0 Å². The van der Waals surface area contributed by atoms with Gasteiger partial charge in [-0.25, -0.2) is 13.6 Å². The van der Waals surface area contributed by atoms with Gasteiger partial charge < -0.3 is 15.7 Å². The zero-order valence-corrected chi connectivity index (χ0v) is 12.4. The summed E-state index contributed by atoms with van der Waals surface area (Å²) < 4.78 is 26.8. The second kappa shape index (κ2) is 6.38. The highest BCUT2D eigenvalue weighted by atomic mass is 79.9. The van der Waals surface area contributed by atoms with Crippen molar-refractivity contribution in [3.05, 3.63) is 28.2 Å². The first-order chi connectivity index (χ1) is 9.86. The molecular weight excluding hydrogens is 350 g/mol. The number of urea groups is 1. The number of carbonyl (C=O) groups is 2. The molecule has 8 heteroatoms. The fourth-order valence-electron chi connectivity index (χ4n) is 1.97. The molecule has 1 aliphatic carbocycles. The van der Waals surface area contributed by atoms with Crippen molar-refractivity contribution in [2.24, 2.45) is 5.92 Å². The lowest BCUT2D eigenvalue weighted by molar-refractivity contribution is -0.137. The highest BCUT2D eigenvalue weighted by Gasteiger charge is 2.33. The summed E-state index contributed by atoms with van der Waals surface area (Å²) >= 11 is 2.83. The highest BCUT2D eigenvalue weighted by molar-refractivity contribution is 9.10. The van der Waals surface area contributed by atoms with Gasteiger partial charge >= 0.3 is 12.0 Å². The Morgan fingerprint density at radius 3 is 2.57 bits per heavy atom. The fraction of sp³-hybridized carbons (Fsp3) is 0.385. The number of benzene rings is 1. The maximum atomic E-state index is 13.6. The smallest absolute Gasteiger partial charge is 0.319 e. The molecule has 0 bridgehead atoms. The number of halogens is 3. The van der Waals surface area contributed by atoms with E-state index in [1.807, 2.05) is 0 Å². The molecule has 2 amide bonds. The predicted molar refractivity (Wildman–Crippen MR) is 75.0 cm³/mol. The van der Waals surface area contributed by atoms with Gasteiger partial charge in [-0.2, -0.15) is 0 Å². The van der Waals surface area contributed by atoms with Crippen molar-refractivity contribution < 1.29 is 23.5 Å². The predicted octanol–water partition coefficient (Wildman–Crippen LogP) is 3.10. The van der Waals surface area contributed by atoms with Gasteiger partial charge in [0.2, 0.25) is 0 Å². The van der Waals surface area contributed by atoms with Crippen molar-refractivity contribution in [1.29, 1.82) is 0 Å². The standard InChI is InChI=1S/C13H13BrF2N2O3/c14-7-3-9(16)11(4-8(7)15)18-13(21)17-10(5-12(19)20)6-1-2-6/h3-4,6,10H,1-2,5H2,(H,19,20)(H2,17,18,21). The van der Waals surface area contributed by atoms with Crippen molar-refractivity contribution in [3.8, 4) is 0 Å². The first-order valence-corrected chi connectivity index (χ1v) is 7.10. The van der Waals surface area contributed by atoms with Crippen LogP contribution in [0.1, 0.15) is 19.3 Å². The van der Waals surface area contributed by atoms with Crippen LogP contribution in [0.2, 0.25) is 0 Å². The Bertz CT molecular complexity index is 579. The number of hydrogen-bond donors (Lipinski definition) is 3. The lowest BCUT2D eigenvalue weighted by Gasteiger charge is -2.17. The van der Waals surface area contributed by atoms with Crippen LogP contribution in [-0.2, 0) is 4.79 Å². The number of carboxylic acids is 1. The lowest BCUT2D eigenvalue weighted by atomic mass is 10.1.